The molecule has 0 spiro atoms. The van der Waals surface area contributed by atoms with Crippen LogP contribution in [0, 0.1) is 0 Å². The van der Waals surface area contributed by atoms with Crippen LogP contribution in [-0.4, -0.2) is 9.97 Å². The molecule has 4 aromatic rings. The zero-order valence-corrected chi connectivity index (χ0v) is 13.7. The number of hydrogen-bond acceptors (Lipinski definition) is 4. The van der Waals surface area contributed by atoms with Gasteiger partial charge in [0.25, 0.3) is 0 Å². The van der Waals surface area contributed by atoms with Crippen molar-refractivity contribution in [3.05, 3.63) is 85.2 Å². The van der Waals surface area contributed by atoms with Crippen LogP contribution in [0.3, 0.4) is 0 Å². The second-order valence-corrected chi connectivity index (χ2v) is 6.35. The Morgan fingerprint density at radius 3 is 2.00 bits per heavy atom. The van der Waals surface area contributed by atoms with Crippen LogP contribution in [0.1, 0.15) is 0 Å². The molecule has 0 saturated carbocycles. The fourth-order valence-electron chi connectivity index (χ4n) is 2.45. The van der Waals surface area contributed by atoms with Gasteiger partial charge in [-0.25, -0.2) is 9.97 Å². The fourth-order valence-corrected chi connectivity index (χ4v) is 3.28. The highest BCUT2D eigenvalue weighted by Gasteiger charge is 2.05. The molecule has 24 heavy (non-hydrogen) atoms. The number of thiazole rings is 1. The molecule has 0 amide bonds. The third-order valence-electron chi connectivity index (χ3n) is 3.67. The van der Waals surface area contributed by atoms with Crippen LogP contribution in [0.25, 0.3) is 21.6 Å². The van der Waals surface area contributed by atoms with E-state index in [1.54, 1.807) is 11.3 Å². The van der Waals surface area contributed by atoms with Gasteiger partial charge < -0.3 is 5.32 Å². The second kappa shape index (κ2) is 6.64. The number of nitrogens with one attached hydrogen (secondary N) is 1. The van der Waals surface area contributed by atoms with Crippen molar-refractivity contribution in [3.63, 3.8) is 0 Å². The van der Waals surface area contributed by atoms with Crippen molar-refractivity contribution < 1.29 is 0 Å². The summed E-state index contributed by atoms with van der Waals surface area (Å²) in [5.41, 5.74) is 3.44. The smallest absolute Gasteiger partial charge is 0.188 e. The van der Waals surface area contributed by atoms with Crippen molar-refractivity contribution in [2.45, 2.75) is 0 Å². The Morgan fingerprint density at radius 1 is 0.625 bits per heavy atom. The lowest BCUT2D eigenvalue weighted by atomic mass is 10.1. The largest absolute Gasteiger partial charge is 0.316 e. The van der Waals surface area contributed by atoms with E-state index in [0.717, 1.165) is 27.0 Å². The van der Waals surface area contributed by atoms with Crippen molar-refractivity contribution in [2.24, 2.45) is 0 Å². The predicted octanol–water partition coefficient (Wildman–Crippen LogP) is 5.62. The van der Waals surface area contributed by atoms with Crippen molar-refractivity contribution in [1.29, 1.82) is 0 Å². The first kappa shape index (κ1) is 14.6. The Bertz CT molecular complexity index is 916. The Morgan fingerprint density at radius 2 is 1.33 bits per heavy atom. The quantitative estimate of drug-likeness (QED) is 0.528. The summed E-state index contributed by atoms with van der Waals surface area (Å²) in [5.74, 6) is 0.795. The number of anilines is 2. The molecule has 3 nitrogen and oxygen atoms in total. The van der Waals surface area contributed by atoms with E-state index in [4.69, 9.17) is 0 Å². The minimum absolute atomic E-state index is 0.795. The maximum Gasteiger partial charge on any atom is 0.188 e. The van der Waals surface area contributed by atoms with Gasteiger partial charge in [-0.3, -0.25) is 0 Å². The van der Waals surface area contributed by atoms with E-state index in [0.29, 0.717) is 0 Å². The van der Waals surface area contributed by atoms with Crippen molar-refractivity contribution in [3.8, 4) is 21.6 Å². The van der Waals surface area contributed by atoms with Crippen molar-refractivity contribution in [1.82, 2.24) is 9.97 Å². The molecule has 116 valence electrons. The summed E-state index contributed by atoms with van der Waals surface area (Å²) in [6.45, 7) is 0. The lowest BCUT2D eigenvalue weighted by molar-refractivity contribution is 1.29. The summed E-state index contributed by atoms with van der Waals surface area (Å²) in [7, 11) is 0. The molecule has 0 atom stereocenters. The van der Waals surface area contributed by atoms with Gasteiger partial charge in [-0.1, -0.05) is 72.0 Å². The van der Waals surface area contributed by atoms with Gasteiger partial charge in [-0.05, 0) is 23.3 Å². The zero-order chi connectivity index (χ0) is 16.2. The number of aromatic nitrogens is 2. The van der Waals surface area contributed by atoms with Crippen LogP contribution in [0.15, 0.2) is 85.2 Å². The number of benzene rings is 2. The molecule has 2 aromatic carbocycles. The van der Waals surface area contributed by atoms with E-state index in [1.807, 2.05) is 54.9 Å². The van der Waals surface area contributed by atoms with Crippen LogP contribution in [-0.2, 0) is 0 Å². The molecule has 4 rings (SSSR count). The summed E-state index contributed by atoms with van der Waals surface area (Å²) in [4.78, 5) is 10.1. The molecule has 0 bridgehead atoms. The molecule has 0 aliphatic heterocycles. The van der Waals surface area contributed by atoms with Gasteiger partial charge in [-0.2, -0.15) is 0 Å². The molecule has 2 heterocycles. The maximum atomic E-state index is 4.49. The molecular weight excluding hydrogens is 314 g/mol. The first-order valence-electron chi connectivity index (χ1n) is 7.68. The van der Waals surface area contributed by atoms with Gasteiger partial charge in [0.15, 0.2) is 5.13 Å². The topological polar surface area (TPSA) is 37.8 Å². The molecular formula is C20H15N3S. The average molecular weight is 329 g/mol. The molecule has 0 unspecified atom stereocenters. The van der Waals surface area contributed by atoms with Gasteiger partial charge >= 0.3 is 0 Å². The minimum Gasteiger partial charge on any atom is -0.316 e. The molecule has 4 heteroatoms. The number of rotatable bonds is 4. The zero-order valence-electron chi connectivity index (χ0n) is 12.9. The van der Waals surface area contributed by atoms with Crippen LogP contribution in [0.4, 0.5) is 10.9 Å². The lowest BCUT2D eigenvalue weighted by Crippen LogP contribution is -1.92. The standard InChI is InChI=1S/C20H15N3S/c1-3-7-15(8-4-1)17-11-12-19(21-13-17)23-20-22-14-18(24-20)16-9-5-2-6-10-16/h1-14H,(H,21,22,23). The molecule has 0 fully saturated rings. The van der Waals surface area contributed by atoms with Crippen LogP contribution in [0.5, 0.6) is 0 Å². The third kappa shape index (κ3) is 3.19. The summed E-state index contributed by atoms with van der Waals surface area (Å²) in [6, 6.07) is 24.5. The fraction of sp³-hybridized carbons (Fsp3) is 0. The summed E-state index contributed by atoms with van der Waals surface area (Å²) < 4.78 is 0. The van der Waals surface area contributed by atoms with Gasteiger partial charge in [0.1, 0.15) is 5.82 Å². The van der Waals surface area contributed by atoms with Gasteiger partial charge in [0.05, 0.1) is 4.88 Å². The normalized spacial score (nSPS) is 10.5. The Kier molecular flexibility index (Phi) is 4.04. The number of nitrogens with zero attached hydrogens (tertiary/aromatic N) is 2. The minimum atomic E-state index is 0.795. The molecule has 0 aliphatic carbocycles. The molecule has 0 radical (unpaired) electrons. The van der Waals surface area contributed by atoms with E-state index >= 15 is 0 Å². The Labute approximate surface area is 144 Å². The third-order valence-corrected chi connectivity index (χ3v) is 4.63. The highest BCUT2D eigenvalue weighted by molar-refractivity contribution is 7.18. The summed E-state index contributed by atoms with van der Waals surface area (Å²) in [6.07, 6.45) is 3.77. The monoisotopic (exact) mass is 329 g/mol. The predicted molar refractivity (Wildman–Crippen MR) is 101 cm³/mol. The Hall–Kier alpha value is -2.98. The van der Waals surface area contributed by atoms with E-state index in [-0.39, 0.29) is 0 Å². The van der Waals surface area contributed by atoms with E-state index in [2.05, 4.69) is 45.6 Å². The average Bonchev–Trinajstić information content (AvgIpc) is 3.12. The molecule has 2 aromatic heterocycles. The van der Waals surface area contributed by atoms with Crippen molar-refractivity contribution in [2.75, 3.05) is 5.32 Å². The highest BCUT2D eigenvalue weighted by Crippen LogP contribution is 2.30. The molecule has 0 aliphatic rings. The summed E-state index contributed by atoms with van der Waals surface area (Å²) >= 11 is 1.62. The SMILES string of the molecule is c1ccc(-c2ccc(Nc3ncc(-c4ccccc4)s3)nc2)cc1. The van der Waals surface area contributed by atoms with Crippen LogP contribution < -0.4 is 5.32 Å². The maximum absolute atomic E-state index is 4.49. The van der Waals surface area contributed by atoms with Crippen LogP contribution >= 0.6 is 11.3 Å². The van der Waals surface area contributed by atoms with Gasteiger partial charge in [-0.15, -0.1) is 0 Å². The molecule has 1 N–H and O–H groups in total. The second-order valence-electron chi connectivity index (χ2n) is 5.32. The van der Waals surface area contributed by atoms with Gasteiger partial charge in [0, 0.05) is 18.0 Å². The highest BCUT2D eigenvalue weighted by atomic mass is 32.1. The van der Waals surface area contributed by atoms with Gasteiger partial charge in [0.2, 0.25) is 0 Å². The van der Waals surface area contributed by atoms with E-state index in [9.17, 15) is 0 Å². The number of hydrogen-bond donors (Lipinski definition) is 1. The number of pyridine rings is 1. The first-order chi connectivity index (χ1) is 11.9. The van der Waals surface area contributed by atoms with E-state index < -0.39 is 0 Å². The lowest BCUT2D eigenvalue weighted by Gasteiger charge is -2.04. The summed E-state index contributed by atoms with van der Waals surface area (Å²) in [5, 5.41) is 4.11. The first-order valence-corrected chi connectivity index (χ1v) is 8.50. The van der Waals surface area contributed by atoms with Crippen molar-refractivity contribution >= 4 is 22.3 Å². The molecule has 0 saturated heterocycles. The van der Waals surface area contributed by atoms with Crippen LogP contribution in [0.2, 0.25) is 0 Å². The van der Waals surface area contributed by atoms with E-state index in [1.165, 1.54) is 5.56 Å². The Balaban J connectivity index is 1.51.